The van der Waals surface area contributed by atoms with E-state index in [1.165, 1.54) is 5.57 Å². The van der Waals surface area contributed by atoms with E-state index in [1.807, 2.05) is 52.0 Å². The quantitative estimate of drug-likeness (QED) is 0.706. The molecule has 0 saturated carbocycles. The minimum Gasteiger partial charge on any atom is -0.341 e. The predicted molar refractivity (Wildman–Crippen MR) is 69.4 cm³/mol. The molecule has 0 aromatic carbocycles. The van der Waals surface area contributed by atoms with Crippen LogP contribution in [0, 0.1) is 0 Å². The highest BCUT2D eigenvalue weighted by Gasteiger charge is 2.09. The van der Waals surface area contributed by atoms with Crippen molar-refractivity contribution in [3.63, 3.8) is 0 Å². The summed E-state index contributed by atoms with van der Waals surface area (Å²) in [5.74, 6) is 0. The van der Waals surface area contributed by atoms with Crippen LogP contribution in [0.4, 0.5) is 4.79 Å². The van der Waals surface area contributed by atoms with Gasteiger partial charge in [0.1, 0.15) is 0 Å². The van der Waals surface area contributed by atoms with Crippen LogP contribution in [0.25, 0.3) is 0 Å². The number of allylic oxidation sites excluding steroid dienone is 4. The Kier molecular flexibility index (Phi) is 7.01. The molecule has 1 unspecified atom stereocenters. The summed E-state index contributed by atoms with van der Waals surface area (Å²) >= 11 is 0. The summed E-state index contributed by atoms with van der Waals surface area (Å²) in [5, 5.41) is 5.40. The summed E-state index contributed by atoms with van der Waals surface area (Å²) in [5.41, 5.74) is 2.33. The summed E-state index contributed by atoms with van der Waals surface area (Å²) in [6.45, 7) is 8.02. The van der Waals surface area contributed by atoms with E-state index >= 15 is 0 Å². The molecule has 0 aromatic rings. The molecule has 0 bridgehead atoms. The lowest BCUT2D eigenvalue weighted by Crippen LogP contribution is -2.39. The Balaban J connectivity index is 4.68. The van der Waals surface area contributed by atoms with E-state index in [2.05, 4.69) is 10.6 Å². The highest BCUT2D eigenvalue weighted by molar-refractivity contribution is 5.74. The van der Waals surface area contributed by atoms with Gasteiger partial charge in [-0.3, -0.25) is 0 Å². The lowest BCUT2D eigenvalue weighted by molar-refractivity contribution is 0.241. The average molecular weight is 222 g/mol. The highest BCUT2D eigenvalue weighted by Crippen LogP contribution is 2.10. The minimum absolute atomic E-state index is 0.00598. The first-order chi connectivity index (χ1) is 7.52. The molecule has 0 aromatic heterocycles. The molecule has 3 nitrogen and oxygen atoms in total. The largest absolute Gasteiger partial charge is 0.341 e. The van der Waals surface area contributed by atoms with Gasteiger partial charge in [0.05, 0.1) is 6.04 Å². The van der Waals surface area contributed by atoms with E-state index in [0.717, 1.165) is 5.57 Å². The van der Waals surface area contributed by atoms with Crippen LogP contribution in [0.2, 0.25) is 0 Å². The molecular weight excluding hydrogens is 200 g/mol. The number of rotatable bonds is 4. The van der Waals surface area contributed by atoms with Gasteiger partial charge < -0.3 is 10.6 Å². The topological polar surface area (TPSA) is 41.1 Å². The van der Waals surface area contributed by atoms with Crippen LogP contribution in [-0.4, -0.2) is 19.1 Å². The first kappa shape index (κ1) is 14.5. The fourth-order valence-electron chi connectivity index (χ4n) is 1.36. The lowest BCUT2D eigenvalue weighted by atomic mass is 10.0. The Morgan fingerprint density at radius 3 is 2.31 bits per heavy atom. The maximum absolute atomic E-state index is 11.2. The molecule has 0 saturated heterocycles. The zero-order valence-corrected chi connectivity index (χ0v) is 10.8. The van der Waals surface area contributed by atoms with Crippen molar-refractivity contribution >= 4 is 6.03 Å². The summed E-state index contributed by atoms with van der Waals surface area (Å²) in [6, 6.07) is -0.155. The predicted octanol–water partition coefficient (Wildman–Crippen LogP) is 2.77. The first-order valence-corrected chi connectivity index (χ1v) is 5.47. The van der Waals surface area contributed by atoms with Crippen LogP contribution in [0.15, 0.2) is 35.5 Å². The van der Waals surface area contributed by atoms with Crippen molar-refractivity contribution in [2.75, 3.05) is 7.05 Å². The van der Waals surface area contributed by atoms with E-state index < -0.39 is 0 Å². The molecule has 0 radical (unpaired) electrons. The highest BCUT2D eigenvalue weighted by atomic mass is 16.2. The number of amides is 2. The Morgan fingerprint density at radius 2 is 1.88 bits per heavy atom. The third-order valence-electron chi connectivity index (χ3n) is 2.20. The fraction of sp³-hybridized carbons (Fsp3) is 0.462. The van der Waals surface area contributed by atoms with E-state index in [1.54, 1.807) is 7.05 Å². The normalized spacial score (nSPS) is 12.8. The minimum atomic E-state index is -0.161. The lowest BCUT2D eigenvalue weighted by Gasteiger charge is -2.16. The van der Waals surface area contributed by atoms with Crippen LogP contribution >= 0.6 is 0 Å². The molecule has 0 aliphatic carbocycles. The molecule has 3 heteroatoms. The molecule has 2 N–H and O–H groups in total. The SMILES string of the molecule is CC=CC=CC(=C(C)C)C(C)NC(=O)NC. The molecule has 90 valence electrons. The van der Waals surface area contributed by atoms with Gasteiger partial charge in [0.25, 0.3) is 0 Å². The molecule has 1 atom stereocenters. The van der Waals surface area contributed by atoms with Crippen molar-refractivity contribution < 1.29 is 4.79 Å². The van der Waals surface area contributed by atoms with E-state index in [4.69, 9.17) is 0 Å². The third-order valence-corrected chi connectivity index (χ3v) is 2.20. The maximum atomic E-state index is 11.2. The van der Waals surface area contributed by atoms with Gasteiger partial charge >= 0.3 is 6.03 Å². The zero-order valence-electron chi connectivity index (χ0n) is 10.8. The van der Waals surface area contributed by atoms with Crippen LogP contribution in [0.5, 0.6) is 0 Å². The Labute approximate surface area is 98.3 Å². The van der Waals surface area contributed by atoms with E-state index in [9.17, 15) is 4.79 Å². The second-order valence-corrected chi connectivity index (χ2v) is 3.79. The molecule has 0 rings (SSSR count). The Bertz CT molecular complexity index is 310. The monoisotopic (exact) mass is 222 g/mol. The smallest absolute Gasteiger partial charge is 0.315 e. The molecule has 0 aliphatic heterocycles. The van der Waals surface area contributed by atoms with Crippen molar-refractivity contribution in [2.45, 2.75) is 33.7 Å². The molecule has 16 heavy (non-hydrogen) atoms. The molecule has 0 aliphatic rings. The number of hydrogen-bond donors (Lipinski definition) is 2. The zero-order chi connectivity index (χ0) is 12.6. The summed E-state index contributed by atoms with van der Waals surface area (Å²) in [7, 11) is 1.61. The van der Waals surface area contributed by atoms with Crippen LogP contribution < -0.4 is 10.6 Å². The van der Waals surface area contributed by atoms with Crippen LogP contribution in [0.3, 0.4) is 0 Å². The standard InChI is InChI=1S/C13H22N2O/c1-6-7-8-9-12(10(2)3)11(4)15-13(16)14-5/h6-9,11H,1-5H3,(H2,14,15,16). The van der Waals surface area contributed by atoms with Gasteiger partial charge in [-0.25, -0.2) is 4.79 Å². The van der Waals surface area contributed by atoms with Gasteiger partial charge in [0, 0.05) is 7.05 Å². The van der Waals surface area contributed by atoms with Crippen molar-refractivity contribution in [3.8, 4) is 0 Å². The fourth-order valence-corrected chi connectivity index (χ4v) is 1.36. The number of nitrogens with one attached hydrogen (secondary N) is 2. The molecule has 0 heterocycles. The van der Waals surface area contributed by atoms with Crippen molar-refractivity contribution in [2.24, 2.45) is 0 Å². The number of carbonyl (C=O) groups is 1. The van der Waals surface area contributed by atoms with Gasteiger partial charge in [0.2, 0.25) is 0 Å². The summed E-state index contributed by atoms with van der Waals surface area (Å²) < 4.78 is 0. The molecular formula is C13H22N2O. The second-order valence-electron chi connectivity index (χ2n) is 3.79. The van der Waals surface area contributed by atoms with Gasteiger partial charge in [0.15, 0.2) is 0 Å². The number of hydrogen-bond acceptors (Lipinski definition) is 1. The molecule has 2 amide bonds. The summed E-state index contributed by atoms with van der Waals surface area (Å²) in [4.78, 5) is 11.2. The van der Waals surface area contributed by atoms with Crippen LogP contribution in [-0.2, 0) is 0 Å². The van der Waals surface area contributed by atoms with Crippen LogP contribution in [0.1, 0.15) is 27.7 Å². The number of urea groups is 1. The Morgan fingerprint density at radius 1 is 1.25 bits per heavy atom. The van der Waals surface area contributed by atoms with E-state index in [-0.39, 0.29) is 12.1 Å². The molecule has 0 fully saturated rings. The van der Waals surface area contributed by atoms with Gasteiger partial charge in [-0.05, 0) is 33.3 Å². The summed E-state index contributed by atoms with van der Waals surface area (Å²) in [6.07, 6.45) is 7.94. The maximum Gasteiger partial charge on any atom is 0.315 e. The third kappa shape index (κ3) is 5.39. The van der Waals surface area contributed by atoms with Crippen molar-refractivity contribution in [1.82, 2.24) is 10.6 Å². The van der Waals surface area contributed by atoms with Crippen molar-refractivity contribution in [3.05, 3.63) is 35.5 Å². The number of carbonyl (C=O) groups excluding carboxylic acids is 1. The van der Waals surface area contributed by atoms with E-state index in [0.29, 0.717) is 0 Å². The first-order valence-electron chi connectivity index (χ1n) is 5.47. The van der Waals surface area contributed by atoms with Gasteiger partial charge in [-0.2, -0.15) is 0 Å². The van der Waals surface area contributed by atoms with Gasteiger partial charge in [-0.15, -0.1) is 0 Å². The second kappa shape index (κ2) is 7.74. The molecule has 0 spiro atoms. The Hall–Kier alpha value is -1.51. The average Bonchev–Trinajstić information content (AvgIpc) is 2.23. The van der Waals surface area contributed by atoms with Crippen molar-refractivity contribution in [1.29, 1.82) is 0 Å². The van der Waals surface area contributed by atoms with Gasteiger partial charge in [-0.1, -0.05) is 29.9 Å².